The van der Waals surface area contributed by atoms with Gasteiger partial charge in [-0.05, 0) is 43.2 Å². The van der Waals surface area contributed by atoms with Crippen molar-refractivity contribution in [3.8, 4) is 11.6 Å². The molecule has 4 aromatic rings. The molecule has 1 saturated heterocycles. The molecule has 0 aliphatic carbocycles. The van der Waals surface area contributed by atoms with Gasteiger partial charge in [0.25, 0.3) is 0 Å². The van der Waals surface area contributed by atoms with Crippen LogP contribution in [0.3, 0.4) is 0 Å². The van der Waals surface area contributed by atoms with E-state index < -0.39 is 11.7 Å². The third kappa shape index (κ3) is 4.59. The Bertz CT molecular complexity index is 1340. The van der Waals surface area contributed by atoms with Crippen molar-refractivity contribution in [2.45, 2.75) is 18.9 Å². The smallest absolute Gasteiger partial charge is 0.248 e. The first-order valence-electron chi connectivity index (χ1n) is 10.7. The number of nitrogens with zero attached hydrogens (tertiary/aromatic N) is 5. The van der Waals surface area contributed by atoms with Gasteiger partial charge < -0.3 is 20.1 Å². The van der Waals surface area contributed by atoms with Crippen LogP contribution in [0.1, 0.15) is 18.9 Å². The van der Waals surface area contributed by atoms with E-state index in [2.05, 4.69) is 32.4 Å². The molecular formula is C23H22FN7O3. The summed E-state index contributed by atoms with van der Waals surface area (Å²) in [6.45, 7) is 4.85. The Morgan fingerprint density at radius 3 is 2.94 bits per heavy atom. The zero-order valence-corrected chi connectivity index (χ0v) is 18.1. The van der Waals surface area contributed by atoms with E-state index in [1.54, 1.807) is 29.0 Å². The molecule has 1 amide bonds. The fraction of sp³-hybridized carbons (Fsp3) is 0.217. The minimum atomic E-state index is -0.604. The Hall–Kier alpha value is -4.25. The van der Waals surface area contributed by atoms with Crippen LogP contribution in [0.5, 0.6) is 11.6 Å². The number of ether oxygens (including phenoxy) is 2. The largest absolute Gasteiger partial charge is 0.434 e. The summed E-state index contributed by atoms with van der Waals surface area (Å²) in [4.78, 5) is 16.0. The van der Waals surface area contributed by atoms with Crippen LogP contribution in [0.25, 0.3) is 5.52 Å². The van der Waals surface area contributed by atoms with Gasteiger partial charge >= 0.3 is 0 Å². The number of hydrogen-bond donors (Lipinski definition) is 2. The third-order valence-electron chi connectivity index (χ3n) is 5.37. The van der Waals surface area contributed by atoms with Crippen molar-refractivity contribution in [2.24, 2.45) is 0 Å². The number of carbonyl (C=O) groups excluding carboxylic acids is 1. The number of rotatable bonds is 7. The molecule has 0 saturated carbocycles. The van der Waals surface area contributed by atoms with Crippen molar-refractivity contribution < 1.29 is 18.7 Å². The van der Waals surface area contributed by atoms with Gasteiger partial charge in [0, 0.05) is 37.4 Å². The monoisotopic (exact) mass is 463 g/mol. The second kappa shape index (κ2) is 9.32. The van der Waals surface area contributed by atoms with Crippen molar-refractivity contribution in [3.05, 3.63) is 67.4 Å². The minimum Gasteiger partial charge on any atom is -0.434 e. The molecule has 34 heavy (non-hydrogen) atoms. The molecule has 10 nitrogen and oxygen atoms in total. The number of benzene rings is 1. The predicted octanol–water partition coefficient (Wildman–Crippen LogP) is 4.08. The van der Waals surface area contributed by atoms with Crippen molar-refractivity contribution in [1.82, 2.24) is 24.4 Å². The van der Waals surface area contributed by atoms with Crippen LogP contribution in [0.4, 0.5) is 21.7 Å². The molecule has 1 aliphatic heterocycles. The van der Waals surface area contributed by atoms with E-state index in [1.807, 2.05) is 10.9 Å². The first kappa shape index (κ1) is 21.6. The predicted molar refractivity (Wildman–Crippen MR) is 123 cm³/mol. The average Bonchev–Trinajstić information content (AvgIpc) is 3.51. The summed E-state index contributed by atoms with van der Waals surface area (Å²) in [6.07, 6.45) is 8.26. The Balaban J connectivity index is 1.41. The number of nitrogens with one attached hydrogen (secondary N) is 2. The van der Waals surface area contributed by atoms with E-state index in [0.717, 1.165) is 32.1 Å². The maximum Gasteiger partial charge on any atom is 0.248 e. The van der Waals surface area contributed by atoms with E-state index in [1.165, 1.54) is 18.2 Å². The lowest BCUT2D eigenvalue weighted by Crippen LogP contribution is -2.19. The SMILES string of the molecule is C=CC(=O)Nc1ccc(F)c(Oc2nc(Nc3cnn(C4CCOCC4)c3)nn3cccc23)c1. The molecular weight excluding hydrogens is 441 g/mol. The summed E-state index contributed by atoms with van der Waals surface area (Å²) in [5.74, 6) is -0.720. The van der Waals surface area contributed by atoms with Crippen LogP contribution >= 0.6 is 0 Å². The Kier molecular flexibility index (Phi) is 5.91. The van der Waals surface area contributed by atoms with Gasteiger partial charge in [0.2, 0.25) is 17.7 Å². The summed E-state index contributed by atoms with van der Waals surface area (Å²) < 4.78 is 29.2. The maximum atomic E-state index is 14.5. The van der Waals surface area contributed by atoms with E-state index in [9.17, 15) is 9.18 Å². The molecule has 4 heterocycles. The molecule has 5 rings (SSSR count). The fourth-order valence-electron chi connectivity index (χ4n) is 3.67. The number of carbonyl (C=O) groups is 1. The van der Waals surface area contributed by atoms with E-state index in [-0.39, 0.29) is 23.6 Å². The number of hydrogen-bond acceptors (Lipinski definition) is 7. The highest BCUT2D eigenvalue weighted by atomic mass is 19.1. The molecule has 0 radical (unpaired) electrons. The molecule has 1 aromatic carbocycles. The van der Waals surface area contributed by atoms with Gasteiger partial charge in [-0.15, -0.1) is 5.10 Å². The van der Waals surface area contributed by atoms with Crippen LogP contribution in [0.15, 0.2) is 61.6 Å². The number of anilines is 3. The summed E-state index contributed by atoms with van der Waals surface area (Å²) in [7, 11) is 0. The molecule has 0 bridgehead atoms. The van der Waals surface area contributed by atoms with Gasteiger partial charge in [0.1, 0.15) is 5.52 Å². The Morgan fingerprint density at radius 2 is 2.12 bits per heavy atom. The first-order chi connectivity index (χ1) is 16.6. The van der Waals surface area contributed by atoms with Gasteiger partial charge in [-0.2, -0.15) is 10.1 Å². The van der Waals surface area contributed by atoms with Crippen molar-refractivity contribution in [1.29, 1.82) is 0 Å². The van der Waals surface area contributed by atoms with Crippen molar-refractivity contribution >= 4 is 28.7 Å². The van der Waals surface area contributed by atoms with Gasteiger partial charge in [-0.3, -0.25) is 9.48 Å². The molecule has 2 N–H and O–H groups in total. The highest BCUT2D eigenvalue weighted by molar-refractivity contribution is 5.98. The lowest BCUT2D eigenvalue weighted by atomic mass is 10.1. The summed E-state index contributed by atoms with van der Waals surface area (Å²) in [6, 6.07) is 7.83. The lowest BCUT2D eigenvalue weighted by Gasteiger charge is -2.22. The van der Waals surface area contributed by atoms with Gasteiger partial charge in [-0.25, -0.2) is 8.91 Å². The van der Waals surface area contributed by atoms with Crippen LogP contribution < -0.4 is 15.4 Å². The van der Waals surface area contributed by atoms with E-state index >= 15 is 0 Å². The topological polar surface area (TPSA) is 108 Å². The maximum absolute atomic E-state index is 14.5. The average molecular weight is 463 g/mol. The second-order valence-corrected chi connectivity index (χ2v) is 7.70. The number of fused-ring (bicyclic) bond motifs is 1. The number of amides is 1. The normalized spacial score (nSPS) is 14.1. The first-order valence-corrected chi connectivity index (χ1v) is 10.7. The Morgan fingerprint density at radius 1 is 1.26 bits per heavy atom. The van der Waals surface area contributed by atoms with E-state index in [0.29, 0.717) is 16.9 Å². The zero-order valence-electron chi connectivity index (χ0n) is 18.1. The van der Waals surface area contributed by atoms with Crippen LogP contribution in [-0.2, 0) is 9.53 Å². The third-order valence-corrected chi connectivity index (χ3v) is 5.37. The lowest BCUT2D eigenvalue weighted by molar-refractivity contribution is -0.111. The molecule has 11 heteroatoms. The highest BCUT2D eigenvalue weighted by Crippen LogP contribution is 2.30. The van der Waals surface area contributed by atoms with Gasteiger partial charge in [0.15, 0.2) is 11.6 Å². The van der Waals surface area contributed by atoms with Crippen molar-refractivity contribution in [3.63, 3.8) is 0 Å². The minimum absolute atomic E-state index is 0.0954. The molecule has 174 valence electrons. The molecule has 0 atom stereocenters. The summed E-state index contributed by atoms with van der Waals surface area (Å²) in [5.41, 5.74) is 1.62. The van der Waals surface area contributed by atoms with E-state index in [4.69, 9.17) is 9.47 Å². The molecule has 0 unspecified atom stereocenters. The zero-order chi connectivity index (χ0) is 23.5. The number of aromatic nitrogens is 5. The molecule has 1 aliphatic rings. The summed E-state index contributed by atoms with van der Waals surface area (Å²) in [5, 5.41) is 14.6. The van der Waals surface area contributed by atoms with Gasteiger partial charge in [0.05, 0.1) is 17.9 Å². The van der Waals surface area contributed by atoms with Crippen molar-refractivity contribution in [2.75, 3.05) is 23.8 Å². The molecule has 0 spiro atoms. The van der Waals surface area contributed by atoms with Crippen LogP contribution in [0.2, 0.25) is 0 Å². The summed E-state index contributed by atoms with van der Waals surface area (Å²) >= 11 is 0. The molecule has 3 aromatic heterocycles. The van der Waals surface area contributed by atoms with Gasteiger partial charge in [-0.1, -0.05) is 6.58 Å². The fourth-order valence-corrected chi connectivity index (χ4v) is 3.67. The quantitative estimate of drug-likeness (QED) is 0.398. The number of halogens is 1. The van der Waals surface area contributed by atoms with Crippen LogP contribution in [-0.4, -0.2) is 43.5 Å². The standard InChI is InChI=1S/C23H22FN7O3/c1-2-21(32)26-15-5-6-18(24)20(12-15)34-22-19-4-3-9-30(19)29-23(28-22)27-16-13-25-31(14-16)17-7-10-33-11-8-17/h2-6,9,12-14,17H,1,7-8,10-11H2,(H,26,32)(H,27,29). The Labute approximate surface area is 194 Å². The highest BCUT2D eigenvalue weighted by Gasteiger charge is 2.18. The second-order valence-electron chi connectivity index (χ2n) is 7.70. The van der Waals surface area contributed by atoms with Crippen LogP contribution in [0, 0.1) is 5.82 Å². The molecule has 1 fully saturated rings.